The number of para-hydroxylation sites is 1. The number of hydrogen-bond donors (Lipinski definition) is 0. The SMILES string of the molecule is O=Cc1ccccc1C(=O)/C=C\c1ccc(N(c2ccccc2)c2nnco2)cc1. The van der Waals surface area contributed by atoms with Gasteiger partial charge in [-0.15, -0.1) is 5.10 Å². The zero-order chi connectivity index (χ0) is 20.8. The van der Waals surface area contributed by atoms with Gasteiger partial charge >= 0.3 is 6.01 Å². The summed E-state index contributed by atoms with van der Waals surface area (Å²) in [6, 6.07) is 24.3. The molecule has 6 nitrogen and oxygen atoms in total. The van der Waals surface area contributed by atoms with Gasteiger partial charge in [0, 0.05) is 11.1 Å². The van der Waals surface area contributed by atoms with E-state index in [0.29, 0.717) is 23.4 Å². The minimum Gasteiger partial charge on any atom is -0.410 e. The van der Waals surface area contributed by atoms with E-state index in [0.717, 1.165) is 16.9 Å². The maximum Gasteiger partial charge on any atom is 0.327 e. The second-order valence-electron chi connectivity index (χ2n) is 6.39. The van der Waals surface area contributed by atoms with Crippen LogP contribution in [0.25, 0.3) is 6.08 Å². The number of nitrogens with zero attached hydrogens (tertiary/aromatic N) is 3. The van der Waals surface area contributed by atoms with Gasteiger partial charge in [0.1, 0.15) is 0 Å². The number of benzene rings is 3. The summed E-state index contributed by atoms with van der Waals surface area (Å²) in [6.07, 6.45) is 5.15. The summed E-state index contributed by atoms with van der Waals surface area (Å²) in [5.74, 6) is -0.224. The molecule has 0 aliphatic heterocycles. The normalized spacial score (nSPS) is 10.8. The molecule has 0 fully saturated rings. The molecule has 4 aromatic rings. The van der Waals surface area contributed by atoms with E-state index >= 15 is 0 Å². The Morgan fingerprint density at radius 1 is 0.867 bits per heavy atom. The average molecular weight is 395 g/mol. The number of aromatic nitrogens is 2. The van der Waals surface area contributed by atoms with Crippen LogP contribution >= 0.6 is 0 Å². The molecule has 0 saturated carbocycles. The first-order valence-electron chi connectivity index (χ1n) is 9.24. The van der Waals surface area contributed by atoms with Crippen molar-refractivity contribution in [2.75, 3.05) is 4.90 Å². The molecule has 0 unspecified atom stereocenters. The van der Waals surface area contributed by atoms with Crippen LogP contribution in [0.15, 0.2) is 95.7 Å². The number of hydrogen-bond acceptors (Lipinski definition) is 6. The number of aldehydes is 1. The van der Waals surface area contributed by atoms with Crippen LogP contribution in [-0.2, 0) is 0 Å². The third-order valence-corrected chi connectivity index (χ3v) is 4.49. The van der Waals surface area contributed by atoms with Crippen LogP contribution in [0, 0.1) is 0 Å². The topological polar surface area (TPSA) is 76.3 Å². The predicted molar refractivity (Wildman–Crippen MR) is 114 cm³/mol. The van der Waals surface area contributed by atoms with Crippen molar-refractivity contribution in [3.63, 3.8) is 0 Å². The van der Waals surface area contributed by atoms with Crippen molar-refractivity contribution in [2.24, 2.45) is 0 Å². The van der Waals surface area contributed by atoms with Crippen molar-refractivity contribution in [2.45, 2.75) is 0 Å². The average Bonchev–Trinajstić information content (AvgIpc) is 3.33. The highest BCUT2D eigenvalue weighted by Gasteiger charge is 2.16. The van der Waals surface area contributed by atoms with Crippen molar-refractivity contribution in [1.82, 2.24) is 10.2 Å². The number of rotatable bonds is 7. The van der Waals surface area contributed by atoms with Gasteiger partial charge in [0.25, 0.3) is 0 Å². The second kappa shape index (κ2) is 8.79. The molecule has 0 radical (unpaired) electrons. The van der Waals surface area contributed by atoms with E-state index in [2.05, 4.69) is 10.2 Å². The Morgan fingerprint density at radius 3 is 2.27 bits per heavy atom. The molecule has 146 valence electrons. The van der Waals surface area contributed by atoms with Crippen LogP contribution in [-0.4, -0.2) is 22.3 Å². The van der Waals surface area contributed by atoms with Crippen LogP contribution in [0.5, 0.6) is 0 Å². The molecule has 0 amide bonds. The summed E-state index contributed by atoms with van der Waals surface area (Å²) in [4.78, 5) is 25.4. The van der Waals surface area contributed by atoms with Crippen LogP contribution in [0.1, 0.15) is 26.3 Å². The maximum absolute atomic E-state index is 12.4. The standard InChI is InChI=1S/C24H17N3O3/c28-16-19-6-4-5-9-22(19)23(29)15-12-18-10-13-21(14-11-18)27(24-26-25-17-30-24)20-7-2-1-3-8-20/h1-17H/b15-12-. The summed E-state index contributed by atoms with van der Waals surface area (Å²) >= 11 is 0. The molecule has 0 N–H and O–H groups in total. The molecule has 3 aromatic carbocycles. The lowest BCUT2D eigenvalue weighted by Crippen LogP contribution is -2.10. The summed E-state index contributed by atoms with van der Waals surface area (Å²) < 4.78 is 5.40. The monoisotopic (exact) mass is 395 g/mol. The third-order valence-electron chi connectivity index (χ3n) is 4.49. The lowest BCUT2D eigenvalue weighted by molar-refractivity contribution is 0.103. The van der Waals surface area contributed by atoms with Gasteiger partial charge in [0.2, 0.25) is 6.39 Å². The summed E-state index contributed by atoms with van der Waals surface area (Å²) in [5.41, 5.74) is 3.31. The number of carbonyl (C=O) groups is 2. The van der Waals surface area contributed by atoms with Crippen molar-refractivity contribution >= 4 is 35.5 Å². The van der Waals surface area contributed by atoms with Crippen molar-refractivity contribution in [3.05, 3.63) is 108 Å². The first-order valence-corrected chi connectivity index (χ1v) is 9.24. The van der Waals surface area contributed by atoms with E-state index in [1.165, 1.54) is 12.5 Å². The molecular weight excluding hydrogens is 378 g/mol. The van der Waals surface area contributed by atoms with Gasteiger partial charge < -0.3 is 4.42 Å². The highest BCUT2D eigenvalue weighted by Crippen LogP contribution is 2.32. The molecule has 0 spiro atoms. The van der Waals surface area contributed by atoms with E-state index in [9.17, 15) is 9.59 Å². The molecule has 0 saturated heterocycles. The highest BCUT2D eigenvalue weighted by atomic mass is 16.4. The molecule has 6 heteroatoms. The van der Waals surface area contributed by atoms with Crippen LogP contribution < -0.4 is 4.90 Å². The van der Waals surface area contributed by atoms with Gasteiger partial charge in [-0.25, -0.2) is 0 Å². The van der Waals surface area contributed by atoms with Crippen LogP contribution in [0.2, 0.25) is 0 Å². The number of carbonyl (C=O) groups excluding carboxylic acids is 2. The fourth-order valence-corrected chi connectivity index (χ4v) is 3.03. The van der Waals surface area contributed by atoms with Gasteiger partial charge in [-0.05, 0) is 35.9 Å². The molecule has 1 heterocycles. The van der Waals surface area contributed by atoms with Crippen molar-refractivity contribution in [1.29, 1.82) is 0 Å². The summed E-state index contributed by atoms with van der Waals surface area (Å²) in [6.45, 7) is 0. The number of ketones is 1. The third kappa shape index (κ3) is 4.07. The highest BCUT2D eigenvalue weighted by molar-refractivity contribution is 6.10. The van der Waals surface area contributed by atoms with Crippen molar-refractivity contribution in [3.8, 4) is 0 Å². The molecule has 1 aromatic heterocycles. The molecule has 0 aliphatic rings. The Hall–Kier alpha value is -4.32. The number of anilines is 3. The molecule has 0 aliphatic carbocycles. The smallest absolute Gasteiger partial charge is 0.327 e. The van der Waals surface area contributed by atoms with Gasteiger partial charge in [0.15, 0.2) is 12.1 Å². The lowest BCUT2D eigenvalue weighted by atomic mass is 10.0. The minimum absolute atomic E-state index is 0.224. The first-order chi connectivity index (χ1) is 14.8. The van der Waals surface area contributed by atoms with Crippen LogP contribution in [0.4, 0.5) is 17.4 Å². The van der Waals surface area contributed by atoms with Crippen LogP contribution in [0.3, 0.4) is 0 Å². The van der Waals surface area contributed by atoms with Gasteiger partial charge in [-0.2, -0.15) is 0 Å². The van der Waals surface area contributed by atoms with E-state index < -0.39 is 0 Å². The molecular formula is C24H17N3O3. The Labute approximate surface area is 173 Å². The molecule has 0 atom stereocenters. The zero-order valence-corrected chi connectivity index (χ0v) is 15.9. The van der Waals surface area contributed by atoms with Gasteiger partial charge in [0.05, 0.1) is 11.4 Å². The lowest BCUT2D eigenvalue weighted by Gasteiger charge is -2.20. The summed E-state index contributed by atoms with van der Waals surface area (Å²) in [5, 5.41) is 7.79. The van der Waals surface area contributed by atoms with E-state index in [4.69, 9.17) is 4.42 Å². The Bertz CT molecular complexity index is 1170. The fourth-order valence-electron chi connectivity index (χ4n) is 3.03. The fraction of sp³-hybridized carbons (Fsp3) is 0. The Balaban J connectivity index is 1.58. The first kappa shape index (κ1) is 19.0. The van der Waals surface area contributed by atoms with Crippen molar-refractivity contribution < 1.29 is 14.0 Å². The second-order valence-corrected chi connectivity index (χ2v) is 6.39. The van der Waals surface area contributed by atoms with Gasteiger partial charge in [-0.1, -0.05) is 65.8 Å². The quantitative estimate of drug-likeness (QED) is 0.242. The molecule has 4 rings (SSSR count). The predicted octanol–water partition coefficient (Wildman–Crippen LogP) is 5.25. The Kier molecular flexibility index (Phi) is 5.57. The summed E-state index contributed by atoms with van der Waals surface area (Å²) in [7, 11) is 0. The van der Waals surface area contributed by atoms with Gasteiger partial charge in [-0.3, -0.25) is 14.5 Å². The largest absolute Gasteiger partial charge is 0.410 e. The molecule has 0 bridgehead atoms. The molecule has 30 heavy (non-hydrogen) atoms. The minimum atomic E-state index is -0.224. The van der Waals surface area contributed by atoms with E-state index in [1.54, 1.807) is 30.3 Å². The Morgan fingerprint density at radius 2 is 1.57 bits per heavy atom. The van der Waals surface area contributed by atoms with E-state index in [1.807, 2.05) is 59.5 Å². The zero-order valence-electron chi connectivity index (χ0n) is 15.9. The number of allylic oxidation sites excluding steroid dienone is 1. The van der Waals surface area contributed by atoms with E-state index in [-0.39, 0.29) is 5.78 Å². The maximum atomic E-state index is 12.4.